The van der Waals surface area contributed by atoms with Gasteiger partial charge < -0.3 is 14.8 Å². The molecule has 33 heavy (non-hydrogen) atoms. The highest BCUT2D eigenvalue weighted by Gasteiger charge is 2.37. The Kier molecular flexibility index (Phi) is 9.30. The van der Waals surface area contributed by atoms with E-state index in [2.05, 4.69) is 5.32 Å². The van der Waals surface area contributed by atoms with Gasteiger partial charge in [0.05, 0.1) is 0 Å². The number of amides is 2. The van der Waals surface area contributed by atoms with Crippen LogP contribution in [0.25, 0.3) is 0 Å². The number of esters is 1. The third-order valence-electron chi connectivity index (χ3n) is 5.67. The maximum atomic E-state index is 13.0. The Morgan fingerprint density at radius 1 is 0.970 bits per heavy atom. The van der Waals surface area contributed by atoms with E-state index in [1.54, 1.807) is 0 Å². The van der Waals surface area contributed by atoms with Crippen molar-refractivity contribution in [2.24, 2.45) is 0 Å². The van der Waals surface area contributed by atoms with E-state index in [1.807, 2.05) is 67.6 Å². The van der Waals surface area contributed by atoms with Gasteiger partial charge in [0.15, 0.2) is 0 Å². The zero-order valence-corrected chi connectivity index (χ0v) is 19.1. The topological polar surface area (TPSA) is 84.9 Å². The second kappa shape index (κ2) is 12.6. The molecule has 0 saturated carbocycles. The van der Waals surface area contributed by atoms with Crippen LogP contribution in [-0.4, -0.2) is 41.5 Å². The molecule has 1 saturated heterocycles. The first-order chi connectivity index (χ1) is 16.1. The van der Waals surface area contributed by atoms with E-state index >= 15 is 0 Å². The van der Waals surface area contributed by atoms with E-state index in [0.717, 1.165) is 24.0 Å². The second-order valence-electron chi connectivity index (χ2n) is 8.19. The van der Waals surface area contributed by atoms with Crippen LogP contribution in [0.5, 0.6) is 0 Å². The molecule has 1 aliphatic heterocycles. The second-order valence-corrected chi connectivity index (χ2v) is 8.19. The molecule has 1 fully saturated rings. The van der Waals surface area contributed by atoms with Gasteiger partial charge in [-0.15, -0.1) is 0 Å². The van der Waals surface area contributed by atoms with Gasteiger partial charge in [-0.3, -0.25) is 9.69 Å². The van der Waals surface area contributed by atoms with Crippen LogP contribution in [-0.2, 0) is 32.3 Å². The van der Waals surface area contributed by atoms with Crippen LogP contribution in [0, 0.1) is 0 Å². The average molecular weight is 453 g/mol. The molecular formula is C26H32N2O5. The van der Waals surface area contributed by atoms with Gasteiger partial charge in [0.2, 0.25) is 5.91 Å². The summed E-state index contributed by atoms with van der Waals surface area (Å²) in [6, 6.07) is 17.4. The predicted molar refractivity (Wildman–Crippen MR) is 124 cm³/mol. The summed E-state index contributed by atoms with van der Waals surface area (Å²) in [4.78, 5) is 39.8. The first-order valence-corrected chi connectivity index (χ1v) is 11.6. The summed E-state index contributed by atoms with van der Waals surface area (Å²) in [5.41, 5.74) is 1.77. The Morgan fingerprint density at radius 2 is 1.58 bits per heavy atom. The highest BCUT2D eigenvalue weighted by atomic mass is 16.6. The molecule has 3 rings (SSSR count). The zero-order chi connectivity index (χ0) is 23.5. The van der Waals surface area contributed by atoms with Crippen molar-refractivity contribution in [1.82, 2.24) is 10.2 Å². The molecule has 2 aromatic carbocycles. The molecule has 2 amide bonds. The Bertz CT molecular complexity index is 903. The summed E-state index contributed by atoms with van der Waals surface area (Å²) in [6.45, 7) is 2.77. The smallest absolute Gasteiger partial charge is 0.410 e. The monoisotopic (exact) mass is 452 g/mol. The van der Waals surface area contributed by atoms with Crippen molar-refractivity contribution in [1.29, 1.82) is 0 Å². The third-order valence-corrected chi connectivity index (χ3v) is 5.67. The normalized spacial score (nSPS) is 16.2. The maximum Gasteiger partial charge on any atom is 0.410 e. The van der Waals surface area contributed by atoms with Gasteiger partial charge in [-0.2, -0.15) is 0 Å². The molecule has 0 unspecified atom stereocenters. The number of likely N-dealkylation sites (tertiary alicyclic amines) is 1. The minimum atomic E-state index is -0.746. The van der Waals surface area contributed by atoms with Gasteiger partial charge in [-0.05, 0) is 30.4 Å². The molecule has 1 heterocycles. The summed E-state index contributed by atoms with van der Waals surface area (Å²) >= 11 is 0. The number of ether oxygens (including phenoxy) is 2. The lowest BCUT2D eigenvalue weighted by atomic mass is 10.1. The van der Waals surface area contributed by atoms with Crippen molar-refractivity contribution in [3.8, 4) is 0 Å². The lowest BCUT2D eigenvalue weighted by molar-refractivity contribution is -0.149. The molecular weight excluding hydrogens is 420 g/mol. The van der Waals surface area contributed by atoms with Crippen molar-refractivity contribution in [3.05, 3.63) is 71.8 Å². The molecule has 1 N–H and O–H groups in total. The number of hydrogen-bond donors (Lipinski definition) is 1. The van der Waals surface area contributed by atoms with Gasteiger partial charge in [-0.1, -0.05) is 80.4 Å². The van der Waals surface area contributed by atoms with Gasteiger partial charge in [0, 0.05) is 6.54 Å². The molecule has 0 aromatic heterocycles. The van der Waals surface area contributed by atoms with Crippen LogP contribution < -0.4 is 5.32 Å². The molecule has 1 aliphatic rings. The molecule has 0 aliphatic carbocycles. The summed E-state index contributed by atoms with van der Waals surface area (Å²) in [5, 5.41) is 2.83. The Hall–Kier alpha value is -3.35. The number of nitrogens with one attached hydrogen (secondary N) is 1. The Morgan fingerprint density at radius 3 is 2.18 bits per heavy atom. The molecule has 176 valence electrons. The van der Waals surface area contributed by atoms with E-state index in [4.69, 9.17) is 9.47 Å². The summed E-state index contributed by atoms with van der Waals surface area (Å²) in [7, 11) is 0. The fraction of sp³-hybridized carbons (Fsp3) is 0.423. The fourth-order valence-corrected chi connectivity index (χ4v) is 3.81. The number of carbonyl (C=O) groups is 3. The van der Waals surface area contributed by atoms with E-state index in [-0.39, 0.29) is 19.1 Å². The first-order valence-electron chi connectivity index (χ1n) is 11.6. The van der Waals surface area contributed by atoms with Crippen molar-refractivity contribution in [3.63, 3.8) is 0 Å². The average Bonchev–Trinajstić information content (AvgIpc) is 3.35. The standard InChI is InChI=1S/C26H32N2O5/c1-2-3-15-22(25(30)32-18-20-11-6-4-7-12-20)27-24(29)23-16-10-17-28(23)26(31)33-19-21-13-8-5-9-14-21/h4-9,11-14,22-23H,2-3,10,15-19H2,1H3,(H,27,29)/t22-,23-/m0/s1. The quantitative estimate of drug-likeness (QED) is 0.546. The van der Waals surface area contributed by atoms with Crippen LogP contribution in [0.4, 0.5) is 4.79 Å². The van der Waals surface area contributed by atoms with Crippen LogP contribution in [0.2, 0.25) is 0 Å². The third kappa shape index (κ3) is 7.34. The molecule has 0 radical (unpaired) electrons. The molecule has 7 nitrogen and oxygen atoms in total. The number of rotatable bonds is 10. The summed E-state index contributed by atoms with van der Waals surface area (Å²) in [6.07, 6.45) is 2.87. The number of carbonyl (C=O) groups excluding carboxylic acids is 3. The van der Waals surface area contributed by atoms with Crippen molar-refractivity contribution in [2.45, 2.75) is 64.3 Å². The molecule has 2 atom stereocenters. The maximum absolute atomic E-state index is 13.0. The molecule has 2 aromatic rings. The summed E-state index contributed by atoms with van der Waals surface area (Å²) < 4.78 is 10.9. The van der Waals surface area contributed by atoms with Crippen molar-refractivity contribution < 1.29 is 23.9 Å². The van der Waals surface area contributed by atoms with E-state index in [9.17, 15) is 14.4 Å². The van der Waals surface area contributed by atoms with Gasteiger partial charge in [-0.25, -0.2) is 9.59 Å². The van der Waals surface area contributed by atoms with Crippen molar-refractivity contribution >= 4 is 18.0 Å². The van der Waals surface area contributed by atoms with Gasteiger partial charge >= 0.3 is 12.1 Å². The van der Waals surface area contributed by atoms with Gasteiger partial charge in [0.25, 0.3) is 0 Å². The minimum Gasteiger partial charge on any atom is -0.459 e. The summed E-state index contributed by atoms with van der Waals surface area (Å²) in [5.74, 6) is -0.807. The number of hydrogen-bond acceptors (Lipinski definition) is 5. The molecule has 7 heteroatoms. The first kappa shape index (κ1) is 24.3. The van der Waals surface area contributed by atoms with E-state index < -0.39 is 24.1 Å². The number of unbranched alkanes of at least 4 members (excludes halogenated alkanes) is 1. The lowest BCUT2D eigenvalue weighted by Crippen LogP contribution is -2.51. The van der Waals surface area contributed by atoms with Crippen LogP contribution in [0.1, 0.15) is 50.2 Å². The lowest BCUT2D eigenvalue weighted by Gasteiger charge is -2.25. The van der Waals surface area contributed by atoms with E-state index in [1.165, 1.54) is 4.90 Å². The zero-order valence-electron chi connectivity index (χ0n) is 19.1. The highest BCUT2D eigenvalue weighted by Crippen LogP contribution is 2.20. The van der Waals surface area contributed by atoms with E-state index in [0.29, 0.717) is 25.8 Å². The Labute approximate surface area is 195 Å². The molecule has 0 bridgehead atoms. The highest BCUT2D eigenvalue weighted by molar-refractivity contribution is 5.90. The minimum absolute atomic E-state index is 0.148. The SMILES string of the molecule is CCCC[C@H](NC(=O)[C@@H]1CCCN1C(=O)OCc1ccccc1)C(=O)OCc1ccccc1. The van der Waals surface area contributed by atoms with Crippen LogP contribution >= 0.6 is 0 Å². The Balaban J connectivity index is 1.56. The largest absolute Gasteiger partial charge is 0.459 e. The van der Waals surface area contributed by atoms with Gasteiger partial charge in [0.1, 0.15) is 25.3 Å². The molecule has 0 spiro atoms. The number of benzene rings is 2. The predicted octanol–water partition coefficient (Wildman–Crippen LogP) is 4.21. The van der Waals surface area contributed by atoms with Crippen LogP contribution in [0.15, 0.2) is 60.7 Å². The number of nitrogens with zero attached hydrogens (tertiary/aromatic N) is 1. The fourth-order valence-electron chi connectivity index (χ4n) is 3.81. The van der Waals surface area contributed by atoms with Crippen molar-refractivity contribution in [2.75, 3.05) is 6.54 Å². The van der Waals surface area contributed by atoms with Crippen LogP contribution in [0.3, 0.4) is 0 Å².